The van der Waals surface area contributed by atoms with Gasteiger partial charge in [0.15, 0.2) is 0 Å². The van der Waals surface area contributed by atoms with Crippen LogP contribution in [0.4, 0.5) is 0 Å². The maximum absolute atomic E-state index is 12.4. The summed E-state index contributed by atoms with van der Waals surface area (Å²) in [7, 11) is 1.62. The van der Waals surface area contributed by atoms with Crippen molar-refractivity contribution in [1.82, 2.24) is 5.32 Å². The first kappa shape index (κ1) is 16.1. The summed E-state index contributed by atoms with van der Waals surface area (Å²) in [5.74, 6) is 0.637. The van der Waals surface area contributed by atoms with Gasteiger partial charge in [0, 0.05) is 16.1 Å². The Hall–Kier alpha value is -1.26. The Kier molecular flexibility index (Phi) is 4.49. The molecule has 1 atom stereocenters. The highest BCUT2D eigenvalue weighted by atomic mass is 35.5. The second-order valence-corrected chi connectivity index (χ2v) is 7.60. The van der Waals surface area contributed by atoms with E-state index in [4.69, 9.17) is 16.3 Å². The number of fused-ring (bicyclic) bond motifs is 1. The Morgan fingerprint density at radius 3 is 2.62 bits per heavy atom. The predicted octanol–water partition coefficient (Wildman–Crippen LogP) is 4.73. The van der Waals surface area contributed by atoms with Crippen LogP contribution in [-0.2, 0) is 0 Å². The molecule has 0 spiro atoms. The Morgan fingerprint density at radius 1 is 1.38 bits per heavy atom. The van der Waals surface area contributed by atoms with E-state index >= 15 is 0 Å². The normalized spacial score (nSPS) is 13.2. The molecule has 1 aromatic carbocycles. The molecule has 0 saturated carbocycles. The second kappa shape index (κ2) is 5.85. The first-order chi connectivity index (χ1) is 9.74. The highest BCUT2D eigenvalue weighted by Gasteiger charge is 2.24. The van der Waals surface area contributed by atoms with Crippen LogP contribution in [0.15, 0.2) is 18.2 Å². The number of thiophene rings is 1. The van der Waals surface area contributed by atoms with Gasteiger partial charge in [-0.3, -0.25) is 4.79 Å². The van der Waals surface area contributed by atoms with E-state index in [0.29, 0.717) is 9.90 Å². The topological polar surface area (TPSA) is 38.3 Å². The lowest BCUT2D eigenvalue weighted by molar-refractivity contribution is 0.0914. The fourth-order valence-corrected chi connectivity index (χ4v) is 3.25. The van der Waals surface area contributed by atoms with Gasteiger partial charge in [0.2, 0.25) is 0 Å². The maximum atomic E-state index is 12.4. The van der Waals surface area contributed by atoms with Gasteiger partial charge in [-0.25, -0.2) is 0 Å². The van der Waals surface area contributed by atoms with Crippen molar-refractivity contribution in [2.45, 2.75) is 33.7 Å². The molecular weight excluding hydrogens is 306 g/mol. The van der Waals surface area contributed by atoms with E-state index in [2.05, 4.69) is 26.1 Å². The summed E-state index contributed by atoms with van der Waals surface area (Å²) >= 11 is 7.74. The number of ether oxygens (including phenoxy) is 1. The van der Waals surface area contributed by atoms with Crippen molar-refractivity contribution < 1.29 is 9.53 Å². The average Bonchev–Trinajstić information content (AvgIpc) is 2.74. The molecule has 1 aromatic heterocycles. The molecule has 3 nitrogen and oxygen atoms in total. The van der Waals surface area contributed by atoms with Gasteiger partial charge in [0.25, 0.3) is 5.91 Å². The molecule has 0 fully saturated rings. The maximum Gasteiger partial charge on any atom is 0.263 e. The number of halogens is 1. The number of nitrogens with one attached hydrogen (secondary N) is 1. The lowest BCUT2D eigenvalue weighted by Crippen LogP contribution is -2.41. The minimum atomic E-state index is -0.123. The molecule has 0 unspecified atom stereocenters. The molecule has 114 valence electrons. The average molecular weight is 326 g/mol. The minimum absolute atomic E-state index is 0.00202. The van der Waals surface area contributed by atoms with E-state index in [9.17, 15) is 4.79 Å². The molecule has 0 radical (unpaired) electrons. The molecule has 0 saturated heterocycles. The van der Waals surface area contributed by atoms with Crippen LogP contribution in [-0.4, -0.2) is 19.1 Å². The third-order valence-electron chi connectivity index (χ3n) is 3.69. The van der Waals surface area contributed by atoms with Crippen LogP contribution < -0.4 is 10.1 Å². The molecule has 2 rings (SSSR count). The van der Waals surface area contributed by atoms with E-state index in [-0.39, 0.29) is 17.4 Å². The van der Waals surface area contributed by atoms with E-state index in [1.54, 1.807) is 7.11 Å². The van der Waals surface area contributed by atoms with E-state index in [1.807, 2.05) is 25.1 Å². The van der Waals surface area contributed by atoms with Crippen molar-refractivity contribution in [3.63, 3.8) is 0 Å². The lowest BCUT2D eigenvalue weighted by atomic mass is 9.88. The molecular formula is C16H20ClNO2S. The van der Waals surface area contributed by atoms with Gasteiger partial charge in [0.1, 0.15) is 10.6 Å². The monoisotopic (exact) mass is 325 g/mol. The van der Waals surface area contributed by atoms with Crippen molar-refractivity contribution >= 4 is 38.9 Å². The number of methoxy groups -OCH3 is 1. The minimum Gasteiger partial charge on any atom is -0.497 e. The fourth-order valence-electron chi connectivity index (χ4n) is 1.80. The predicted molar refractivity (Wildman–Crippen MR) is 89.8 cm³/mol. The van der Waals surface area contributed by atoms with Crippen LogP contribution in [0.1, 0.15) is 37.4 Å². The molecule has 21 heavy (non-hydrogen) atoms. The van der Waals surface area contributed by atoms with Gasteiger partial charge in [-0.15, -0.1) is 11.3 Å². The third kappa shape index (κ3) is 3.33. The van der Waals surface area contributed by atoms with Crippen molar-refractivity contribution in [3.8, 4) is 5.75 Å². The van der Waals surface area contributed by atoms with Crippen LogP contribution in [0.3, 0.4) is 0 Å². The van der Waals surface area contributed by atoms with Crippen LogP contribution in [0.25, 0.3) is 10.1 Å². The molecule has 0 aliphatic heterocycles. The molecule has 1 N–H and O–H groups in total. The number of carbonyl (C=O) groups is 1. The highest BCUT2D eigenvalue weighted by molar-refractivity contribution is 7.21. The van der Waals surface area contributed by atoms with E-state index in [0.717, 1.165) is 15.8 Å². The first-order valence-electron chi connectivity index (χ1n) is 6.81. The molecule has 0 aliphatic rings. The molecule has 5 heteroatoms. The Balaban J connectivity index is 2.34. The number of amides is 1. The lowest BCUT2D eigenvalue weighted by Gasteiger charge is -2.27. The number of carbonyl (C=O) groups excluding carboxylic acids is 1. The van der Waals surface area contributed by atoms with Crippen LogP contribution in [0, 0.1) is 5.41 Å². The summed E-state index contributed by atoms with van der Waals surface area (Å²) in [4.78, 5) is 13.0. The summed E-state index contributed by atoms with van der Waals surface area (Å²) in [6, 6.07) is 5.69. The quantitative estimate of drug-likeness (QED) is 0.886. The van der Waals surface area contributed by atoms with Gasteiger partial charge in [-0.05, 0) is 30.5 Å². The number of hydrogen-bond acceptors (Lipinski definition) is 3. The zero-order chi connectivity index (χ0) is 15.8. The molecule has 1 amide bonds. The van der Waals surface area contributed by atoms with Crippen LogP contribution >= 0.6 is 22.9 Å². The second-order valence-electron chi connectivity index (χ2n) is 6.17. The van der Waals surface area contributed by atoms with Gasteiger partial charge in [0.05, 0.1) is 12.1 Å². The Bertz CT molecular complexity index is 673. The third-order valence-corrected chi connectivity index (χ3v) is 5.35. The SMILES string of the molecule is COc1ccc2c(Cl)c(C(=O)N[C@H](C)C(C)(C)C)sc2c1. The first-order valence-corrected chi connectivity index (χ1v) is 8.00. The summed E-state index contributed by atoms with van der Waals surface area (Å²) < 4.78 is 6.16. The van der Waals surface area contributed by atoms with Crippen molar-refractivity contribution in [2.75, 3.05) is 7.11 Å². The number of rotatable bonds is 3. The van der Waals surface area contributed by atoms with Crippen molar-refractivity contribution in [3.05, 3.63) is 28.1 Å². The zero-order valence-electron chi connectivity index (χ0n) is 12.9. The van der Waals surface area contributed by atoms with Gasteiger partial charge in [-0.1, -0.05) is 32.4 Å². The van der Waals surface area contributed by atoms with Gasteiger partial charge >= 0.3 is 0 Å². The molecule has 0 aliphatic carbocycles. The highest BCUT2D eigenvalue weighted by Crippen LogP contribution is 2.37. The Morgan fingerprint density at radius 2 is 2.05 bits per heavy atom. The van der Waals surface area contributed by atoms with Crippen molar-refractivity contribution in [1.29, 1.82) is 0 Å². The molecule has 2 aromatic rings. The number of benzene rings is 1. The largest absolute Gasteiger partial charge is 0.497 e. The smallest absolute Gasteiger partial charge is 0.263 e. The van der Waals surface area contributed by atoms with E-state index in [1.165, 1.54) is 11.3 Å². The summed E-state index contributed by atoms with van der Waals surface area (Å²) in [5, 5.41) is 4.42. The van der Waals surface area contributed by atoms with Crippen LogP contribution in [0.2, 0.25) is 5.02 Å². The van der Waals surface area contributed by atoms with E-state index < -0.39 is 0 Å². The molecule has 0 bridgehead atoms. The summed E-state index contributed by atoms with van der Waals surface area (Å²) in [5.41, 5.74) is 0.00202. The Labute approximate surface area is 134 Å². The molecule has 1 heterocycles. The zero-order valence-corrected chi connectivity index (χ0v) is 14.5. The van der Waals surface area contributed by atoms with Gasteiger partial charge in [-0.2, -0.15) is 0 Å². The van der Waals surface area contributed by atoms with Crippen LogP contribution in [0.5, 0.6) is 5.75 Å². The van der Waals surface area contributed by atoms with Gasteiger partial charge < -0.3 is 10.1 Å². The summed E-state index contributed by atoms with van der Waals surface area (Å²) in [6.07, 6.45) is 0. The van der Waals surface area contributed by atoms with Crippen molar-refractivity contribution in [2.24, 2.45) is 5.41 Å². The fraction of sp³-hybridized carbons (Fsp3) is 0.438. The number of hydrogen-bond donors (Lipinski definition) is 1. The standard InChI is InChI=1S/C16H20ClNO2S/c1-9(16(2,3)4)18-15(19)14-13(17)11-7-6-10(20-5)8-12(11)21-14/h6-9H,1-5H3,(H,18,19)/t9-/m1/s1. The summed E-state index contributed by atoms with van der Waals surface area (Å²) in [6.45, 7) is 8.28.